The minimum atomic E-state index is -3.91. The highest BCUT2D eigenvalue weighted by atomic mass is 32.2. The summed E-state index contributed by atoms with van der Waals surface area (Å²) < 4.78 is 35.2. The molecule has 0 unspecified atom stereocenters. The second kappa shape index (κ2) is 14.7. The van der Waals surface area contributed by atoms with Crippen LogP contribution in [0.15, 0.2) is 48.7 Å². The maximum Gasteiger partial charge on any atom is 0.408 e. The second-order valence-electron chi connectivity index (χ2n) is 16.7. The van der Waals surface area contributed by atoms with E-state index >= 15 is 0 Å². The average molecular weight is 778 g/mol. The van der Waals surface area contributed by atoms with Crippen molar-refractivity contribution < 1.29 is 37.1 Å². The molecule has 5 aliphatic rings. The number of nitrogens with zero attached hydrogens (tertiary/aromatic N) is 4. The van der Waals surface area contributed by atoms with Gasteiger partial charge in [-0.3, -0.25) is 28.6 Å². The number of allylic oxidation sites excluding steroid dienone is 1. The number of ether oxygens (including phenoxy) is 1. The first-order valence-electron chi connectivity index (χ1n) is 19.3. The van der Waals surface area contributed by atoms with Gasteiger partial charge in [0.25, 0.3) is 11.8 Å². The summed E-state index contributed by atoms with van der Waals surface area (Å²) in [7, 11) is -2.09. The Morgan fingerprint density at radius 3 is 2.51 bits per heavy atom. The number of nitrogens with one attached hydrogen (secondary N) is 3. The molecule has 3 N–H and O–H groups in total. The first-order valence-corrected chi connectivity index (χ1v) is 20.8. The van der Waals surface area contributed by atoms with Crippen molar-refractivity contribution in [1.82, 2.24) is 34.9 Å². The highest BCUT2D eigenvalue weighted by Crippen LogP contribution is 2.47. The van der Waals surface area contributed by atoms with Gasteiger partial charge in [0.05, 0.1) is 10.9 Å². The van der Waals surface area contributed by atoms with E-state index in [1.54, 1.807) is 48.6 Å². The molecule has 2 aromatic rings. The van der Waals surface area contributed by atoms with Gasteiger partial charge in [0.1, 0.15) is 23.2 Å². The van der Waals surface area contributed by atoms with Gasteiger partial charge < -0.3 is 25.2 Å². The summed E-state index contributed by atoms with van der Waals surface area (Å²) in [6.45, 7) is 5.79. The Balaban J connectivity index is 1.18. The molecular formula is C39H51N7O8S. The molecule has 0 radical (unpaired) electrons. The van der Waals surface area contributed by atoms with Gasteiger partial charge in [-0.05, 0) is 77.5 Å². The highest BCUT2D eigenvalue weighted by molar-refractivity contribution is 7.91. The lowest BCUT2D eigenvalue weighted by Gasteiger charge is -2.33. The van der Waals surface area contributed by atoms with E-state index in [-0.39, 0.29) is 37.9 Å². The van der Waals surface area contributed by atoms with Crippen LogP contribution in [0.2, 0.25) is 0 Å². The Kier molecular flexibility index (Phi) is 10.3. The Labute approximate surface area is 321 Å². The van der Waals surface area contributed by atoms with Crippen molar-refractivity contribution in [3.05, 3.63) is 54.2 Å². The van der Waals surface area contributed by atoms with Gasteiger partial charge in [-0.15, -0.1) is 0 Å². The third-order valence-electron chi connectivity index (χ3n) is 11.3. The quantitative estimate of drug-likeness (QED) is 0.371. The lowest BCUT2D eigenvalue weighted by molar-refractivity contribution is -0.142. The molecule has 2 saturated carbocycles. The number of hydrogen-bond acceptors (Lipinski definition) is 9. The smallest absolute Gasteiger partial charge is 0.408 e. The zero-order valence-electron chi connectivity index (χ0n) is 31.8. The van der Waals surface area contributed by atoms with E-state index < -0.39 is 74.1 Å². The number of benzene rings is 1. The minimum absolute atomic E-state index is 0.143. The van der Waals surface area contributed by atoms with Crippen LogP contribution >= 0.6 is 0 Å². The van der Waals surface area contributed by atoms with Crippen LogP contribution in [-0.2, 0) is 36.2 Å². The van der Waals surface area contributed by atoms with Gasteiger partial charge in [0, 0.05) is 61.8 Å². The minimum Gasteiger partial charge on any atom is -0.444 e. The van der Waals surface area contributed by atoms with Crippen LogP contribution in [0.25, 0.3) is 11.3 Å². The second-order valence-corrected chi connectivity index (χ2v) is 18.7. The molecule has 4 fully saturated rings. The molecule has 6 atom stereocenters. The van der Waals surface area contributed by atoms with Gasteiger partial charge in [0.15, 0.2) is 0 Å². The van der Waals surface area contributed by atoms with E-state index in [9.17, 15) is 32.4 Å². The molecule has 15 nitrogen and oxygen atoms in total. The number of fused-ring (bicyclic) bond motifs is 4. The Bertz CT molecular complexity index is 2000. The number of aryl methyl sites for hydroxylation is 1. The molecule has 296 valence electrons. The first kappa shape index (κ1) is 38.5. The summed E-state index contributed by atoms with van der Waals surface area (Å²) in [5.74, 6) is -3.27. The topological polar surface area (TPSA) is 189 Å². The summed E-state index contributed by atoms with van der Waals surface area (Å²) in [5.41, 5.74) is -0.349. The fourth-order valence-corrected chi connectivity index (χ4v) is 9.61. The van der Waals surface area contributed by atoms with Crippen LogP contribution in [0.4, 0.5) is 4.79 Å². The number of carbonyl (C=O) groups is 5. The molecule has 2 aliphatic carbocycles. The molecule has 16 heteroatoms. The zero-order valence-corrected chi connectivity index (χ0v) is 32.6. The van der Waals surface area contributed by atoms with Crippen molar-refractivity contribution in [3.63, 3.8) is 0 Å². The number of likely N-dealkylation sites (tertiary alicyclic amines) is 1. The molecule has 7 rings (SSSR count). The van der Waals surface area contributed by atoms with Gasteiger partial charge in [0.2, 0.25) is 21.8 Å². The summed E-state index contributed by atoms with van der Waals surface area (Å²) in [4.78, 5) is 73.2. The van der Waals surface area contributed by atoms with E-state index in [2.05, 4.69) is 20.5 Å². The highest BCUT2D eigenvalue weighted by Gasteiger charge is 2.63. The standard InChI is InChI=1S/C39H51N7O8S/c1-38(2,3)54-37(51)40-31-14-9-7-5-6-8-13-27-20-39(27,36(50)43-55(52,53)28-15-16-28)41-33(47)32-29-23-45(21-26(29)22-46(32)35(31)49)34(48)25-12-10-11-24(19-25)30-17-18-44(4)42-30/h8,10-13,17-19,26-29,31-32H,5-7,9,14-16,20-23H2,1-4H3,(H,40,51)(H,41,47)(H,43,50)/b13-8-/t26-,27+,29-,31+,32-,39+/m0/s1. The van der Waals surface area contributed by atoms with Gasteiger partial charge in [-0.25, -0.2) is 13.2 Å². The van der Waals surface area contributed by atoms with Crippen molar-refractivity contribution in [2.45, 2.75) is 101 Å². The number of hydrogen-bond donors (Lipinski definition) is 3. The predicted molar refractivity (Wildman–Crippen MR) is 201 cm³/mol. The molecule has 5 amide bonds. The molecule has 55 heavy (non-hydrogen) atoms. The molecule has 2 saturated heterocycles. The number of alkyl carbamates (subject to hydrolysis) is 1. The van der Waals surface area contributed by atoms with Gasteiger partial charge >= 0.3 is 6.09 Å². The van der Waals surface area contributed by atoms with E-state index in [1.165, 1.54) is 4.90 Å². The van der Waals surface area contributed by atoms with E-state index in [0.717, 1.165) is 24.1 Å². The summed E-state index contributed by atoms with van der Waals surface area (Å²) in [5, 5.41) is 9.51. The van der Waals surface area contributed by atoms with Crippen molar-refractivity contribution in [1.29, 1.82) is 0 Å². The summed E-state index contributed by atoms with van der Waals surface area (Å²) in [6, 6.07) is 6.99. The third kappa shape index (κ3) is 8.29. The lowest BCUT2D eigenvalue weighted by atomic mass is 9.93. The van der Waals surface area contributed by atoms with Gasteiger partial charge in [-0.1, -0.05) is 37.1 Å². The first-order chi connectivity index (χ1) is 26.0. The van der Waals surface area contributed by atoms with Gasteiger partial charge in [-0.2, -0.15) is 5.10 Å². The molecule has 0 spiro atoms. The molecule has 4 heterocycles. The Morgan fingerprint density at radius 1 is 1.02 bits per heavy atom. The number of carbonyl (C=O) groups excluding carboxylic acids is 5. The van der Waals surface area contributed by atoms with Crippen LogP contribution in [0.5, 0.6) is 0 Å². The van der Waals surface area contributed by atoms with E-state index in [0.29, 0.717) is 37.7 Å². The van der Waals surface area contributed by atoms with Crippen LogP contribution in [0.3, 0.4) is 0 Å². The monoisotopic (exact) mass is 777 g/mol. The van der Waals surface area contributed by atoms with Crippen molar-refractivity contribution >= 4 is 39.7 Å². The molecule has 0 bridgehead atoms. The van der Waals surface area contributed by atoms with Crippen LogP contribution in [0.1, 0.15) is 82.5 Å². The summed E-state index contributed by atoms with van der Waals surface area (Å²) >= 11 is 0. The van der Waals surface area contributed by atoms with E-state index in [1.807, 2.05) is 37.5 Å². The number of aromatic nitrogens is 2. The normalized spacial score (nSPS) is 29.1. The lowest BCUT2D eigenvalue weighted by Crippen LogP contribution is -2.60. The molecule has 1 aromatic heterocycles. The maximum absolute atomic E-state index is 14.7. The van der Waals surface area contributed by atoms with Crippen molar-refractivity contribution in [2.24, 2.45) is 24.8 Å². The third-order valence-corrected chi connectivity index (χ3v) is 13.1. The fraction of sp³-hybridized carbons (Fsp3) is 0.590. The molecule has 3 aliphatic heterocycles. The number of amides is 5. The van der Waals surface area contributed by atoms with Crippen molar-refractivity contribution in [2.75, 3.05) is 19.6 Å². The Hall–Kier alpha value is -4.73. The SMILES string of the molecule is Cn1ccc(-c2cccc(C(=O)N3C[C@H]4CN5C(=O)[C@H](NC(=O)OC(C)(C)C)CCCCC/C=C\[C@@H]6C[C@@]6(C(=O)NS(=O)(=O)C6CC6)NC(=O)[C@@H]5[C@H]4C3)c2)n1. The molecular weight excluding hydrogens is 727 g/mol. The van der Waals surface area contributed by atoms with Crippen molar-refractivity contribution in [3.8, 4) is 11.3 Å². The van der Waals surface area contributed by atoms with E-state index in [4.69, 9.17) is 4.74 Å². The van der Waals surface area contributed by atoms with Crippen LogP contribution in [-0.4, -0.2) is 106 Å². The summed E-state index contributed by atoms with van der Waals surface area (Å²) in [6.07, 6.45) is 9.24. The van der Waals surface area contributed by atoms with Crippen LogP contribution in [0, 0.1) is 17.8 Å². The Morgan fingerprint density at radius 2 is 1.80 bits per heavy atom. The average Bonchev–Trinajstić information content (AvgIpc) is 3.96. The maximum atomic E-state index is 14.7. The fourth-order valence-electron chi connectivity index (χ4n) is 8.25. The number of sulfonamides is 1. The largest absolute Gasteiger partial charge is 0.444 e. The predicted octanol–water partition coefficient (Wildman–Crippen LogP) is 2.88. The van der Waals surface area contributed by atoms with Crippen LogP contribution < -0.4 is 15.4 Å². The molecule has 1 aromatic carbocycles. The number of rotatable bonds is 6. The zero-order chi connectivity index (χ0) is 39.3.